The molecule has 146 valence electrons. The van der Waals surface area contributed by atoms with Gasteiger partial charge in [0.05, 0.1) is 13.7 Å². The van der Waals surface area contributed by atoms with Gasteiger partial charge >= 0.3 is 5.97 Å². The highest BCUT2D eigenvalue weighted by molar-refractivity contribution is 5.69. The number of rotatable bonds is 12. The van der Waals surface area contributed by atoms with E-state index < -0.39 is 0 Å². The third-order valence-electron chi connectivity index (χ3n) is 5.60. The highest BCUT2D eigenvalue weighted by atomic mass is 16.5. The quantitative estimate of drug-likeness (QED) is 0.441. The van der Waals surface area contributed by atoms with E-state index in [0.717, 1.165) is 25.3 Å². The smallest absolute Gasteiger partial charge is 0.305 e. The predicted molar refractivity (Wildman–Crippen MR) is 106 cm³/mol. The lowest BCUT2D eigenvalue weighted by Crippen LogP contribution is -2.36. The summed E-state index contributed by atoms with van der Waals surface area (Å²) in [5.41, 5.74) is 1.85. The first kappa shape index (κ1) is 20.8. The van der Waals surface area contributed by atoms with Gasteiger partial charge in [-0.05, 0) is 81.1 Å². The molecule has 1 unspecified atom stereocenters. The van der Waals surface area contributed by atoms with Crippen LogP contribution in [-0.4, -0.2) is 32.8 Å². The van der Waals surface area contributed by atoms with Crippen LogP contribution < -0.4 is 10.1 Å². The molecule has 0 spiro atoms. The number of hydrogen-bond acceptors (Lipinski definition) is 4. The van der Waals surface area contributed by atoms with E-state index >= 15 is 0 Å². The van der Waals surface area contributed by atoms with Gasteiger partial charge in [-0.1, -0.05) is 25.5 Å². The van der Waals surface area contributed by atoms with Crippen molar-refractivity contribution >= 4 is 5.97 Å². The Hall–Kier alpha value is -1.55. The Morgan fingerprint density at radius 3 is 2.54 bits per heavy atom. The predicted octanol–water partition coefficient (Wildman–Crippen LogP) is 4.47. The van der Waals surface area contributed by atoms with Crippen LogP contribution in [0.3, 0.4) is 0 Å². The summed E-state index contributed by atoms with van der Waals surface area (Å²) >= 11 is 0. The molecule has 1 N–H and O–H groups in total. The third-order valence-corrected chi connectivity index (χ3v) is 5.60. The minimum atomic E-state index is -0.123. The van der Waals surface area contributed by atoms with Crippen LogP contribution in [0.15, 0.2) is 24.3 Å². The van der Waals surface area contributed by atoms with E-state index in [1.165, 1.54) is 44.8 Å². The topological polar surface area (TPSA) is 47.6 Å². The molecule has 4 nitrogen and oxygen atoms in total. The van der Waals surface area contributed by atoms with Gasteiger partial charge in [-0.15, -0.1) is 0 Å². The van der Waals surface area contributed by atoms with E-state index in [2.05, 4.69) is 41.2 Å². The van der Waals surface area contributed by atoms with Gasteiger partial charge in [0, 0.05) is 6.42 Å². The molecule has 0 aliphatic heterocycles. The number of ether oxygens (including phenoxy) is 2. The molecule has 1 aliphatic carbocycles. The summed E-state index contributed by atoms with van der Waals surface area (Å²) in [5.74, 6) is 1.53. The van der Waals surface area contributed by atoms with Crippen LogP contribution in [0.25, 0.3) is 0 Å². The zero-order valence-corrected chi connectivity index (χ0v) is 16.7. The normalized spacial score (nSPS) is 16.6. The fraction of sp³-hybridized carbons (Fsp3) is 0.682. The maximum atomic E-state index is 11.1. The second-order valence-electron chi connectivity index (χ2n) is 7.62. The van der Waals surface area contributed by atoms with Gasteiger partial charge < -0.3 is 14.8 Å². The van der Waals surface area contributed by atoms with Crippen molar-refractivity contribution in [3.05, 3.63) is 29.8 Å². The van der Waals surface area contributed by atoms with Crippen LogP contribution in [0.4, 0.5) is 0 Å². The molecule has 0 amide bonds. The minimum absolute atomic E-state index is 0.123. The van der Waals surface area contributed by atoms with Crippen molar-refractivity contribution in [2.45, 2.75) is 64.2 Å². The van der Waals surface area contributed by atoms with Gasteiger partial charge in [0.15, 0.2) is 0 Å². The Labute approximate surface area is 158 Å². The highest BCUT2D eigenvalue weighted by Gasteiger charge is 2.39. The van der Waals surface area contributed by atoms with Crippen LogP contribution in [-0.2, 0) is 14.9 Å². The lowest BCUT2D eigenvalue weighted by atomic mass is 9.60. The summed E-state index contributed by atoms with van der Waals surface area (Å²) in [5, 5.41) is 3.45. The molecule has 1 aromatic carbocycles. The first-order valence-electron chi connectivity index (χ1n) is 10.1. The largest absolute Gasteiger partial charge is 0.494 e. The van der Waals surface area contributed by atoms with E-state index in [1.54, 1.807) is 0 Å². The number of nitrogens with one attached hydrogen (secondary N) is 1. The molecule has 1 fully saturated rings. The van der Waals surface area contributed by atoms with Gasteiger partial charge in [0.25, 0.3) is 0 Å². The fourth-order valence-corrected chi connectivity index (χ4v) is 3.99. The van der Waals surface area contributed by atoms with E-state index in [4.69, 9.17) is 4.74 Å². The number of carbonyl (C=O) groups is 1. The van der Waals surface area contributed by atoms with Crippen molar-refractivity contribution in [3.63, 3.8) is 0 Å². The first-order chi connectivity index (χ1) is 12.6. The van der Waals surface area contributed by atoms with Gasteiger partial charge in [-0.3, -0.25) is 4.79 Å². The molecular formula is C22H35NO3. The van der Waals surface area contributed by atoms with Crippen molar-refractivity contribution in [1.82, 2.24) is 5.32 Å². The minimum Gasteiger partial charge on any atom is -0.494 e. The summed E-state index contributed by atoms with van der Waals surface area (Å²) in [6.07, 6.45) is 7.72. The second kappa shape index (κ2) is 10.6. The number of benzene rings is 1. The standard InChI is InChI=1S/C22H35NO3/c1-4-26-20-10-8-19(9-11-20)22(13-6-14-22)17-18(2)12-16-23-15-5-7-21(24)25-3/h8-11,18,23H,4-7,12-17H2,1-3H3. The van der Waals surface area contributed by atoms with E-state index in [-0.39, 0.29) is 5.97 Å². The molecule has 0 bridgehead atoms. The zero-order chi connectivity index (χ0) is 18.8. The monoisotopic (exact) mass is 361 g/mol. The molecule has 0 radical (unpaired) electrons. The number of methoxy groups -OCH3 is 1. The molecule has 1 aliphatic rings. The van der Waals surface area contributed by atoms with Gasteiger partial charge in [-0.25, -0.2) is 0 Å². The van der Waals surface area contributed by atoms with Crippen molar-refractivity contribution in [2.75, 3.05) is 26.8 Å². The number of esters is 1. The summed E-state index contributed by atoms with van der Waals surface area (Å²) < 4.78 is 10.2. The zero-order valence-electron chi connectivity index (χ0n) is 16.7. The number of hydrogen-bond donors (Lipinski definition) is 1. The van der Waals surface area contributed by atoms with Crippen molar-refractivity contribution < 1.29 is 14.3 Å². The Bertz CT molecular complexity index is 537. The molecule has 1 saturated carbocycles. The molecule has 1 aromatic rings. The highest BCUT2D eigenvalue weighted by Crippen LogP contribution is 2.48. The third kappa shape index (κ3) is 6.01. The number of carbonyl (C=O) groups excluding carboxylic acids is 1. The van der Waals surface area contributed by atoms with Gasteiger partial charge in [0.2, 0.25) is 0 Å². The Morgan fingerprint density at radius 2 is 1.96 bits per heavy atom. The summed E-state index contributed by atoms with van der Waals surface area (Å²) in [6, 6.07) is 8.77. The van der Waals surface area contributed by atoms with Crippen LogP contribution >= 0.6 is 0 Å². The lowest BCUT2D eigenvalue weighted by molar-refractivity contribution is -0.140. The summed E-state index contributed by atoms with van der Waals surface area (Å²) in [6.45, 7) is 7.00. The molecular weight excluding hydrogens is 326 g/mol. The molecule has 2 rings (SSSR count). The van der Waals surface area contributed by atoms with E-state index in [0.29, 0.717) is 24.4 Å². The van der Waals surface area contributed by atoms with Crippen LogP contribution in [0, 0.1) is 5.92 Å². The molecule has 1 atom stereocenters. The molecule has 0 saturated heterocycles. The maximum Gasteiger partial charge on any atom is 0.305 e. The van der Waals surface area contributed by atoms with Crippen molar-refractivity contribution in [2.24, 2.45) is 5.92 Å². The van der Waals surface area contributed by atoms with Crippen LogP contribution in [0.1, 0.15) is 64.4 Å². The molecule has 0 aromatic heterocycles. The Balaban J connectivity index is 1.73. The fourth-order valence-electron chi connectivity index (χ4n) is 3.99. The average molecular weight is 362 g/mol. The maximum absolute atomic E-state index is 11.1. The second-order valence-corrected chi connectivity index (χ2v) is 7.62. The Morgan fingerprint density at radius 1 is 1.23 bits per heavy atom. The summed E-state index contributed by atoms with van der Waals surface area (Å²) in [4.78, 5) is 11.1. The molecule has 4 heteroatoms. The Kier molecular flexibility index (Phi) is 8.43. The lowest BCUT2D eigenvalue weighted by Gasteiger charge is -2.44. The van der Waals surface area contributed by atoms with Crippen LogP contribution in [0.2, 0.25) is 0 Å². The van der Waals surface area contributed by atoms with Crippen LogP contribution in [0.5, 0.6) is 5.75 Å². The van der Waals surface area contributed by atoms with E-state index in [9.17, 15) is 4.79 Å². The SMILES string of the molecule is CCOc1ccc(C2(CC(C)CCNCCCC(=O)OC)CCC2)cc1. The van der Waals surface area contributed by atoms with E-state index in [1.807, 2.05) is 6.92 Å². The molecule has 0 heterocycles. The van der Waals surface area contributed by atoms with Gasteiger partial charge in [0.1, 0.15) is 5.75 Å². The van der Waals surface area contributed by atoms with Crippen molar-refractivity contribution in [1.29, 1.82) is 0 Å². The average Bonchev–Trinajstić information content (AvgIpc) is 2.62. The summed E-state index contributed by atoms with van der Waals surface area (Å²) in [7, 11) is 1.44. The first-order valence-corrected chi connectivity index (χ1v) is 10.1. The molecule has 26 heavy (non-hydrogen) atoms. The van der Waals surface area contributed by atoms with Crippen molar-refractivity contribution in [3.8, 4) is 5.75 Å². The van der Waals surface area contributed by atoms with Gasteiger partial charge in [-0.2, -0.15) is 0 Å².